The third-order valence-corrected chi connectivity index (χ3v) is 12.4. The highest BCUT2D eigenvalue weighted by Crippen LogP contribution is 2.36. The topological polar surface area (TPSA) is 184 Å². The number of carbonyl (C=O) groups excluding carboxylic acids is 2. The fourth-order valence-electron chi connectivity index (χ4n) is 8.03. The first-order chi connectivity index (χ1) is 32.1. The molecule has 2 aliphatic rings. The minimum atomic E-state index is -0.585. The van der Waals surface area contributed by atoms with Crippen molar-refractivity contribution < 1.29 is 23.8 Å². The number of hydrogen-bond donors (Lipinski definition) is 3. The molecule has 0 radical (unpaired) electrons. The second kappa shape index (κ2) is 21.3. The quantitative estimate of drug-likeness (QED) is 0.0608. The molecular formula is C48H52ClN11O5S. The van der Waals surface area contributed by atoms with Crippen LogP contribution in [-0.4, -0.2) is 112 Å². The molecule has 0 saturated heterocycles. The lowest BCUT2D eigenvalue weighted by molar-refractivity contribution is -0.122. The van der Waals surface area contributed by atoms with E-state index in [0.717, 1.165) is 50.0 Å². The average Bonchev–Trinajstić information content (AvgIpc) is 3.83. The molecule has 4 heterocycles. The highest BCUT2D eigenvalue weighted by molar-refractivity contribution is 7.99. The molecular weight excluding hydrogens is 878 g/mol. The normalized spacial score (nSPS) is 14.9. The van der Waals surface area contributed by atoms with Crippen molar-refractivity contribution in [3.8, 4) is 22.9 Å². The van der Waals surface area contributed by atoms with Crippen molar-refractivity contribution in [2.75, 3.05) is 59.4 Å². The number of nitrogens with zero attached hydrogens (tertiary/aromatic N) is 8. The molecule has 2 atom stereocenters. The smallest absolute Gasteiger partial charge is 0.222 e. The Morgan fingerprint density at radius 1 is 0.667 bits per heavy atom. The van der Waals surface area contributed by atoms with Crippen LogP contribution < -0.4 is 25.4 Å². The van der Waals surface area contributed by atoms with Crippen LogP contribution in [0.15, 0.2) is 99.8 Å². The van der Waals surface area contributed by atoms with Gasteiger partial charge in [-0.3, -0.25) is 28.7 Å². The molecule has 18 heteroatoms. The Labute approximate surface area is 392 Å². The molecule has 0 spiro atoms. The first-order valence-electron chi connectivity index (χ1n) is 21.8. The van der Waals surface area contributed by atoms with E-state index >= 15 is 0 Å². The predicted molar refractivity (Wildman–Crippen MR) is 255 cm³/mol. The molecule has 4 aromatic carbocycles. The number of aryl methyl sites for hydroxylation is 2. The Hall–Kier alpha value is -6.40. The number of halogens is 1. The number of amides is 2. The van der Waals surface area contributed by atoms with Gasteiger partial charge in [0, 0.05) is 64.1 Å². The fourth-order valence-corrected chi connectivity index (χ4v) is 8.92. The second-order valence-electron chi connectivity index (χ2n) is 15.6. The summed E-state index contributed by atoms with van der Waals surface area (Å²) in [6.45, 7) is 8.98. The average molecular weight is 931 g/mol. The van der Waals surface area contributed by atoms with E-state index in [1.807, 2.05) is 90.6 Å². The zero-order valence-electron chi connectivity index (χ0n) is 37.5. The third kappa shape index (κ3) is 10.3. The molecule has 66 heavy (non-hydrogen) atoms. The van der Waals surface area contributed by atoms with Gasteiger partial charge in [-0.05, 0) is 81.4 Å². The summed E-state index contributed by atoms with van der Waals surface area (Å²) in [5.74, 6) is 4.51. The molecule has 2 aliphatic heterocycles. The summed E-state index contributed by atoms with van der Waals surface area (Å²) in [6.07, 6.45) is 0.232. The van der Waals surface area contributed by atoms with Gasteiger partial charge < -0.3 is 30.2 Å². The van der Waals surface area contributed by atoms with E-state index in [0.29, 0.717) is 84.9 Å². The van der Waals surface area contributed by atoms with Gasteiger partial charge >= 0.3 is 0 Å². The number of methoxy groups -OCH3 is 2. The number of fused-ring (bicyclic) bond motifs is 6. The largest absolute Gasteiger partial charge is 0.497 e. The minimum Gasteiger partial charge on any atom is -0.497 e. The molecule has 0 fully saturated rings. The van der Waals surface area contributed by atoms with Crippen molar-refractivity contribution >= 4 is 46.6 Å². The number of hydrogen-bond acceptors (Lipinski definition) is 13. The summed E-state index contributed by atoms with van der Waals surface area (Å²) < 4.78 is 21.0. The minimum absolute atomic E-state index is 0.0891. The Kier molecular flexibility index (Phi) is 14.9. The first-order valence-corrected chi connectivity index (χ1v) is 23.2. The summed E-state index contributed by atoms with van der Waals surface area (Å²) in [7, 11) is 3.27. The van der Waals surface area contributed by atoms with E-state index in [4.69, 9.17) is 35.8 Å². The molecule has 2 aromatic heterocycles. The standard InChI is InChI=1S/C48H52ClN11O5S/c1-6-51-43(61)27-39-47-57-55-29(2)59(47)42-18-14-35(64-5)26-38(42)46(53-39)32-9-15-36(16-10-32)66-24-23-65-22-21-50-19-20-52-44(62)28-40-48-58-56-30(3)60(48)41-17-13-34(63-4)25-37(41)45(54-40)31-7-11-33(49)12-8-31/h7-18,25-26,39-40,50H,6,19-24,27-28H2,1-5H3,(H,51,61)(H,52,62)/t39-,40-/m0/s1. The van der Waals surface area contributed by atoms with Gasteiger partial charge in [-0.2, -0.15) is 0 Å². The number of ether oxygens (including phenoxy) is 3. The van der Waals surface area contributed by atoms with Crippen molar-refractivity contribution in [1.82, 2.24) is 45.5 Å². The lowest BCUT2D eigenvalue weighted by Gasteiger charge is -2.14. The number of nitrogens with one attached hydrogen (secondary N) is 3. The maximum atomic E-state index is 13.4. The maximum Gasteiger partial charge on any atom is 0.222 e. The summed E-state index contributed by atoms with van der Waals surface area (Å²) in [5, 5.41) is 27.5. The molecule has 2 amide bonds. The van der Waals surface area contributed by atoms with E-state index < -0.39 is 12.1 Å². The molecule has 0 unspecified atom stereocenters. The van der Waals surface area contributed by atoms with Crippen LogP contribution in [-0.2, 0) is 14.3 Å². The SMILES string of the molecule is CCNC(=O)C[C@@H]1N=C(c2ccc(SCCOCCNCCNC(=O)C[C@@H]3N=C(c4ccc(Cl)cc4)c4cc(OC)ccc4-n4c(C)nnc43)cc2)c2cc(OC)ccc2-n2c(C)nnc21. The molecule has 8 rings (SSSR count). The van der Waals surface area contributed by atoms with Crippen molar-refractivity contribution in [2.24, 2.45) is 9.98 Å². The van der Waals surface area contributed by atoms with E-state index in [1.165, 1.54) is 0 Å². The number of rotatable bonds is 19. The summed E-state index contributed by atoms with van der Waals surface area (Å²) in [5.41, 5.74) is 6.67. The number of aromatic nitrogens is 6. The van der Waals surface area contributed by atoms with Crippen LogP contribution in [0.25, 0.3) is 11.4 Å². The Morgan fingerprint density at radius 2 is 1.20 bits per heavy atom. The summed E-state index contributed by atoms with van der Waals surface area (Å²) in [4.78, 5) is 37.6. The molecule has 3 N–H and O–H groups in total. The fraction of sp³-hybridized carbons (Fsp3) is 0.333. The van der Waals surface area contributed by atoms with Crippen LogP contribution in [0, 0.1) is 13.8 Å². The van der Waals surface area contributed by atoms with Crippen LogP contribution in [0.1, 0.15) is 77.4 Å². The van der Waals surface area contributed by atoms with E-state index in [1.54, 1.807) is 26.0 Å². The van der Waals surface area contributed by atoms with Gasteiger partial charge in [0.15, 0.2) is 11.6 Å². The van der Waals surface area contributed by atoms with Crippen LogP contribution in [0.3, 0.4) is 0 Å². The number of benzene rings is 4. The zero-order valence-corrected chi connectivity index (χ0v) is 39.1. The third-order valence-electron chi connectivity index (χ3n) is 11.2. The number of thioether (sulfide) groups is 1. The second-order valence-corrected chi connectivity index (χ2v) is 17.2. The Balaban J connectivity index is 0.810. The number of carbonyl (C=O) groups is 2. The number of aliphatic imine (C=N–C) groups is 2. The van der Waals surface area contributed by atoms with Gasteiger partial charge in [-0.25, -0.2) is 0 Å². The van der Waals surface area contributed by atoms with Gasteiger partial charge in [0.2, 0.25) is 11.8 Å². The monoisotopic (exact) mass is 929 g/mol. The van der Waals surface area contributed by atoms with E-state index in [9.17, 15) is 9.59 Å². The van der Waals surface area contributed by atoms with Crippen LogP contribution in [0.4, 0.5) is 0 Å². The van der Waals surface area contributed by atoms with Crippen molar-refractivity contribution in [3.05, 3.63) is 136 Å². The van der Waals surface area contributed by atoms with Gasteiger partial charge in [0.25, 0.3) is 0 Å². The highest BCUT2D eigenvalue weighted by Gasteiger charge is 2.32. The Bertz CT molecular complexity index is 2750. The van der Waals surface area contributed by atoms with Crippen LogP contribution >= 0.6 is 23.4 Å². The Morgan fingerprint density at radius 3 is 1.73 bits per heavy atom. The lowest BCUT2D eigenvalue weighted by atomic mass is 10.00. The van der Waals surface area contributed by atoms with E-state index in [2.05, 4.69) is 60.6 Å². The van der Waals surface area contributed by atoms with Crippen molar-refractivity contribution in [3.63, 3.8) is 0 Å². The molecule has 6 aromatic rings. The van der Waals surface area contributed by atoms with Gasteiger partial charge in [0.1, 0.15) is 35.2 Å². The maximum absolute atomic E-state index is 13.4. The van der Waals surface area contributed by atoms with E-state index in [-0.39, 0.29) is 24.7 Å². The first kappa shape index (κ1) is 46.1. The van der Waals surface area contributed by atoms with Crippen molar-refractivity contribution in [2.45, 2.75) is 50.6 Å². The van der Waals surface area contributed by atoms with Gasteiger partial charge in [-0.15, -0.1) is 32.2 Å². The van der Waals surface area contributed by atoms with Crippen LogP contribution in [0.2, 0.25) is 5.02 Å². The molecule has 16 nitrogen and oxygen atoms in total. The predicted octanol–water partition coefficient (Wildman–Crippen LogP) is 6.35. The molecule has 0 bridgehead atoms. The van der Waals surface area contributed by atoms with Gasteiger partial charge in [0.05, 0.1) is 63.1 Å². The molecule has 0 aliphatic carbocycles. The summed E-state index contributed by atoms with van der Waals surface area (Å²) in [6, 6.07) is 26.3. The lowest BCUT2D eigenvalue weighted by Crippen LogP contribution is -2.33. The zero-order chi connectivity index (χ0) is 46.2. The molecule has 342 valence electrons. The van der Waals surface area contributed by atoms with Gasteiger partial charge in [-0.1, -0.05) is 35.9 Å². The summed E-state index contributed by atoms with van der Waals surface area (Å²) >= 11 is 7.95. The van der Waals surface area contributed by atoms with Crippen LogP contribution in [0.5, 0.6) is 11.5 Å². The van der Waals surface area contributed by atoms with Crippen molar-refractivity contribution in [1.29, 1.82) is 0 Å². The molecule has 0 saturated carbocycles. The highest BCUT2D eigenvalue weighted by atomic mass is 35.5.